The molecule has 0 aromatic carbocycles. The number of hydrogen-bond donors (Lipinski definition) is 1. The lowest BCUT2D eigenvalue weighted by Crippen LogP contribution is -2.54. The average molecular weight is 452 g/mol. The van der Waals surface area contributed by atoms with Crippen molar-refractivity contribution in [1.29, 1.82) is 0 Å². The number of thiophene rings is 1. The summed E-state index contributed by atoms with van der Waals surface area (Å²) in [5.41, 5.74) is 6.65. The maximum Gasteiger partial charge on any atom is 0.218 e. The van der Waals surface area contributed by atoms with Crippen LogP contribution in [0.5, 0.6) is 5.75 Å². The van der Waals surface area contributed by atoms with Gasteiger partial charge < -0.3 is 15.2 Å². The van der Waals surface area contributed by atoms with Crippen molar-refractivity contribution in [3.63, 3.8) is 0 Å². The fourth-order valence-electron chi connectivity index (χ4n) is 5.38. The van der Waals surface area contributed by atoms with Gasteiger partial charge in [0.1, 0.15) is 10.6 Å². The van der Waals surface area contributed by atoms with Gasteiger partial charge in [0.15, 0.2) is 12.6 Å². The van der Waals surface area contributed by atoms with Crippen LogP contribution in [-0.2, 0) is 16.0 Å². The quantitative estimate of drug-likeness (QED) is 0.700. The second-order valence-corrected chi connectivity index (χ2v) is 9.82. The Hall–Kier alpha value is -1.84. The Bertz CT molecular complexity index is 953. The van der Waals surface area contributed by atoms with Gasteiger partial charge in [-0.15, -0.1) is 11.3 Å². The molecule has 2 fully saturated rings. The van der Waals surface area contributed by atoms with E-state index in [1.165, 1.54) is 15.3 Å². The van der Waals surface area contributed by atoms with Gasteiger partial charge in [0.25, 0.3) is 0 Å². The molecule has 9 heteroatoms. The molecule has 2 N–H and O–H groups in total. The summed E-state index contributed by atoms with van der Waals surface area (Å²) < 4.78 is 39.8. The Kier molecular flexibility index (Phi) is 5.83. The second-order valence-electron chi connectivity index (χ2n) is 8.74. The second kappa shape index (κ2) is 8.60. The smallest absolute Gasteiger partial charge is 0.218 e. The van der Waals surface area contributed by atoms with Crippen LogP contribution in [0.4, 0.5) is 8.78 Å². The fraction of sp³-hybridized carbons (Fsp3) is 0.636. The van der Waals surface area contributed by atoms with E-state index in [-0.39, 0.29) is 37.2 Å². The van der Waals surface area contributed by atoms with Gasteiger partial charge in [-0.2, -0.15) is 0 Å². The molecule has 1 saturated heterocycles. The number of carbonyl (C=O) groups excluding carboxylic acids is 1. The number of morpholine rings is 1. The topological polar surface area (TPSA) is 77.7 Å². The van der Waals surface area contributed by atoms with Crippen molar-refractivity contribution < 1.29 is 23.0 Å². The van der Waals surface area contributed by atoms with Crippen molar-refractivity contribution in [2.75, 3.05) is 13.2 Å². The third-order valence-electron chi connectivity index (χ3n) is 6.76. The Morgan fingerprint density at radius 1 is 1.23 bits per heavy atom. The van der Waals surface area contributed by atoms with Gasteiger partial charge in [-0.25, -0.2) is 18.7 Å². The molecule has 0 spiro atoms. The molecule has 1 saturated carbocycles. The zero-order chi connectivity index (χ0) is 21.5. The molecule has 0 radical (unpaired) electrons. The van der Waals surface area contributed by atoms with Crippen LogP contribution in [0, 0.1) is 0 Å². The van der Waals surface area contributed by atoms with Crippen molar-refractivity contribution >= 4 is 27.5 Å². The SMILES string of the molecule is NC(=O)C[C@H]1CCc2sc3nccc(OC4CCC(N5[C@@H](F)COC[C@@H]5F)CC4)c3c21. The van der Waals surface area contributed by atoms with Gasteiger partial charge in [-0.05, 0) is 56.1 Å². The number of nitrogens with two attached hydrogens (primary N) is 1. The number of aromatic nitrogens is 1. The lowest BCUT2D eigenvalue weighted by Gasteiger charge is -2.42. The number of carbonyl (C=O) groups is 1. The van der Waals surface area contributed by atoms with Crippen LogP contribution in [0.15, 0.2) is 12.3 Å². The summed E-state index contributed by atoms with van der Waals surface area (Å²) in [6.45, 7) is -0.136. The highest BCUT2D eigenvalue weighted by molar-refractivity contribution is 7.19. The average Bonchev–Trinajstić information content (AvgIpc) is 3.29. The molecule has 3 aliphatic rings. The van der Waals surface area contributed by atoms with E-state index in [9.17, 15) is 13.6 Å². The molecule has 0 bridgehead atoms. The maximum atomic E-state index is 14.2. The lowest BCUT2D eigenvalue weighted by atomic mass is 9.91. The Morgan fingerprint density at radius 3 is 2.68 bits per heavy atom. The summed E-state index contributed by atoms with van der Waals surface area (Å²) in [5, 5.41) is 1.01. The Balaban J connectivity index is 1.31. The van der Waals surface area contributed by atoms with Crippen LogP contribution >= 0.6 is 11.3 Å². The number of primary amides is 1. The lowest BCUT2D eigenvalue weighted by molar-refractivity contribution is -0.163. The Labute approximate surface area is 183 Å². The molecule has 0 unspecified atom stereocenters. The van der Waals surface area contributed by atoms with Crippen molar-refractivity contribution in [3.8, 4) is 5.75 Å². The zero-order valence-electron chi connectivity index (χ0n) is 17.3. The molecule has 3 atom stereocenters. The third-order valence-corrected chi connectivity index (χ3v) is 7.93. The molecule has 2 aliphatic carbocycles. The largest absolute Gasteiger partial charge is 0.490 e. The van der Waals surface area contributed by atoms with Crippen LogP contribution in [0.2, 0.25) is 0 Å². The van der Waals surface area contributed by atoms with Crippen LogP contribution in [-0.4, -0.2) is 53.7 Å². The van der Waals surface area contributed by atoms with Gasteiger partial charge >= 0.3 is 0 Å². The third kappa shape index (κ3) is 4.03. The highest BCUT2D eigenvalue weighted by Gasteiger charge is 2.39. The highest BCUT2D eigenvalue weighted by atomic mass is 32.1. The van der Waals surface area contributed by atoms with E-state index in [4.69, 9.17) is 15.2 Å². The number of halogens is 2. The highest BCUT2D eigenvalue weighted by Crippen LogP contribution is 2.48. The molecule has 2 aromatic heterocycles. The first-order valence-corrected chi connectivity index (χ1v) is 11.8. The predicted octanol–water partition coefficient (Wildman–Crippen LogP) is 3.81. The van der Waals surface area contributed by atoms with Crippen LogP contribution in [0.1, 0.15) is 54.9 Å². The minimum atomic E-state index is -1.39. The van der Waals surface area contributed by atoms with E-state index in [1.54, 1.807) is 17.5 Å². The summed E-state index contributed by atoms with van der Waals surface area (Å²) >= 11 is 1.67. The molecule has 3 heterocycles. The van der Waals surface area contributed by atoms with E-state index in [0.29, 0.717) is 19.3 Å². The van der Waals surface area contributed by atoms with Crippen molar-refractivity contribution in [3.05, 3.63) is 22.7 Å². The molecule has 2 aromatic rings. The minimum Gasteiger partial charge on any atom is -0.490 e. The molecule has 1 aliphatic heterocycles. The number of nitrogens with zero attached hydrogens (tertiary/aromatic N) is 2. The van der Waals surface area contributed by atoms with Gasteiger partial charge in [-0.1, -0.05) is 0 Å². The summed E-state index contributed by atoms with van der Waals surface area (Å²) in [6.07, 6.45) is 4.03. The monoisotopic (exact) mass is 451 g/mol. The van der Waals surface area contributed by atoms with Gasteiger partial charge in [-0.3, -0.25) is 4.79 Å². The number of ether oxygens (including phenoxy) is 2. The molecule has 168 valence electrons. The summed E-state index contributed by atoms with van der Waals surface area (Å²) in [4.78, 5) is 19.6. The van der Waals surface area contributed by atoms with Crippen molar-refractivity contribution in [2.45, 2.75) is 75.6 Å². The summed E-state index contributed by atoms with van der Waals surface area (Å²) in [7, 11) is 0. The molecular formula is C22H27F2N3O3S. The van der Waals surface area contributed by atoms with E-state index in [0.717, 1.165) is 41.6 Å². The number of pyridine rings is 1. The standard InChI is InChI=1S/C22H27F2N3O3S/c23-17-10-29-11-18(24)27(17)13-2-4-14(5-3-13)30-15-7-8-26-22-21(15)20-12(9-19(25)28)1-6-16(20)31-22/h7-8,12-14,17-18H,1-6,9-11H2,(H2,25,28)/t12-,13?,14?,17-,18-/m1/s1. The fourth-order valence-corrected chi connectivity index (χ4v) is 6.64. The van der Waals surface area contributed by atoms with Crippen molar-refractivity contribution in [1.82, 2.24) is 9.88 Å². The number of fused-ring (bicyclic) bond motifs is 3. The Morgan fingerprint density at radius 2 is 1.97 bits per heavy atom. The number of hydrogen-bond acceptors (Lipinski definition) is 6. The molecule has 31 heavy (non-hydrogen) atoms. The van der Waals surface area contributed by atoms with Gasteiger partial charge in [0, 0.05) is 23.5 Å². The van der Waals surface area contributed by atoms with E-state index in [1.807, 2.05) is 6.07 Å². The normalized spacial score (nSPS) is 31.6. The number of alkyl halides is 2. The summed E-state index contributed by atoms with van der Waals surface area (Å²) in [5.74, 6) is 0.621. The minimum absolute atomic E-state index is 0.00874. The molecule has 6 nitrogen and oxygen atoms in total. The van der Waals surface area contributed by atoms with Gasteiger partial charge in [0.05, 0.1) is 24.7 Å². The maximum absolute atomic E-state index is 14.2. The molecular weight excluding hydrogens is 424 g/mol. The first-order chi connectivity index (χ1) is 15.0. The first-order valence-electron chi connectivity index (χ1n) is 11.0. The van der Waals surface area contributed by atoms with Gasteiger partial charge in [0.2, 0.25) is 5.91 Å². The van der Waals surface area contributed by atoms with Crippen molar-refractivity contribution in [2.24, 2.45) is 5.73 Å². The molecule has 1 amide bonds. The number of rotatable bonds is 5. The summed E-state index contributed by atoms with van der Waals surface area (Å²) in [6, 6.07) is 1.76. The van der Waals surface area contributed by atoms with E-state index >= 15 is 0 Å². The zero-order valence-corrected chi connectivity index (χ0v) is 18.1. The van der Waals surface area contributed by atoms with E-state index < -0.39 is 12.6 Å². The van der Waals surface area contributed by atoms with Crippen LogP contribution < -0.4 is 10.5 Å². The van der Waals surface area contributed by atoms with E-state index in [2.05, 4.69) is 4.98 Å². The van der Waals surface area contributed by atoms with Crippen LogP contribution in [0.3, 0.4) is 0 Å². The molecule has 5 rings (SSSR count). The number of aryl methyl sites for hydroxylation is 1. The number of amides is 1. The van der Waals surface area contributed by atoms with Crippen LogP contribution in [0.25, 0.3) is 10.2 Å². The predicted molar refractivity (Wildman–Crippen MR) is 114 cm³/mol. The first kappa shape index (κ1) is 21.0.